The Hall–Kier alpha value is -4.38. The molecule has 0 saturated carbocycles. The smallest absolute Gasteiger partial charge is 0.269 e. The van der Waals surface area contributed by atoms with Crippen LogP contribution >= 0.6 is 0 Å². The van der Waals surface area contributed by atoms with Gasteiger partial charge in [0.15, 0.2) is 0 Å². The zero-order valence-electron chi connectivity index (χ0n) is 17.1. The van der Waals surface area contributed by atoms with E-state index >= 15 is 0 Å². The molecule has 0 aliphatic heterocycles. The molecule has 0 aliphatic carbocycles. The van der Waals surface area contributed by atoms with Crippen LogP contribution in [0.5, 0.6) is 17.4 Å². The normalized spacial score (nSPS) is 10.9. The molecule has 3 rings (SSSR count). The van der Waals surface area contributed by atoms with E-state index in [0.717, 1.165) is 5.56 Å². The first-order chi connectivity index (χ1) is 15.0. The first-order valence-corrected chi connectivity index (χ1v) is 9.33. The van der Waals surface area contributed by atoms with Gasteiger partial charge in [0.05, 0.1) is 7.11 Å². The second-order valence-electron chi connectivity index (χ2n) is 6.47. The first-order valence-electron chi connectivity index (χ1n) is 9.33. The number of carbonyl (C=O) groups excluding carboxylic acids is 1. The molecule has 1 N–H and O–H groups in total. The zero-order chi connectivity index (χ0) is 22.4. The van der Waals surface area contributed by atoms with Crippen molar-refractivity contribution in [3.05, 3.63) is 82.3 Å². The van der Waals surface area contributed by atoms with Gasteiger partial charge in [-0.05, 0) is 48.9 Å². The molecule has 0 bridgehead atoms. The van der Waals surface area contributed by atoms with Crippen LogP contribution in [0.4, 0.5) is 0 Å². The minimum absolute atomic E-state index is 0.0197. The van der Waals surface area contributed by atoms with E-state index in [9.17, 15) is 14.9 Å². The van der Waals surface area contributed by atoms with E-state index in [1.165, 1.54) is 16.6 Å². The second kappa shape index (κ2) is 9.41. The van der Waals surface area contributed by atoms with Crippen molar-refractivity contribution in [1.82, 2.24) is 14.7 Å². The highest BCUT2D eigenvalue weighted by atomic mass is 16.5. The van der Waals surface area contributed by atoms with Crippen LogP contribution < -0.4 is 20.3 Å². The molecule has 0 unspecified atom stereocenters. The number of nitriles is 1. The highest BCUT2D eigenvalue weighted by molar-refractivity contribution is 6.02. The monoisotopic (exact) mass is 416 g/mol. The van der Waals surface area contributed by atoms with Gasteiger partial charge in [0.25, 0.3) is 11.5 Å². The van der Waals surface area contributed by atoms with Crippen molar-refractivity contribution in [2.45, 2.75) is 6.92 Å². The van der Waals surface area contributed by atoms with Crippen molar-refractivity contribution >= 4 is 17.6 Å². The summed E-state index contributed by atoms with van der Waals surface area (Å²) in [6.07, 6.45) is 4.23. The molecule has 0 radical (unpaired) electrons. The highest BCUT2D eigenvalue weighted by Crippen LogP contribution is 2.26. The molecule has 0 fully saturated rings. The summed E-state index contributed by atoms with van der Waals surface area (Å²) in [6, 6.07) is 12.1. The topological polar surface area (TPSA) is 106 Å². The van der Waals surface area contributed by atoms with Crippen LogP contribution in [0.3, 0.4) is 0 Å². The maximum absolute atomic E-state index is 13.2. The lowest BCUT2D eigenvalue weighted by Gasteiger charge is -2.12. The molecule has 1 aromatic carbocycles. The van der Waals surface area contributed by atoms with Gasteiger partial charge < -0.3 is 14.8 Å². The van der Waals surface area contributed by atoms with Crippen LogP contribution in [0, 0.1) is 18.3 Å². The number of benzene rings is 1. The molecule has 2 heterocycles. The van der Waals surface area contributed by atoms with Crippen molar-refractivity contribution < 1.29 is 14.3 Å². The summed E-state index contributed by atoms with van der Waals surface area (Å²) >= 11 is 0. The fraction of sp³-hybridized carbons (Fsp3) is 0.130. The molecule has 0 atom stereocenters. The van der Waals surface area contributed by atoms with Crippen molar-refractivity contribution in [3.8, 4) is 23.4 Å². The molecule has 0 saturated heterocycles. The summed E-state index contributed by atoms with van der Waals surface area (Å²) in [5.74, 6) is 0.399. The number of amides is 1. The average Bonchev–Trinajstić information content (AvgIpc) is 2.78. The summed E-state index contributed by atoms with van der Waals surface area (Å²) < 4.78 is 12.4. The number of ether oxygens (including phenoxy) is 2. The lowest BCUT2D eigenvalue weighted by Crippen LogP contribution is -2.25. The third kappa shape index (κ3) is 4.62. The number of fused-ring (bicyclic) bond motifs is 1. The predicted octanol–water partition coefficient (Wildman–Crippen LogP) is 3.01. The molecule has 0 spiro atoms. The van der Waals surface area contributed by atoms with Gasteiger partial charge in [0.1, 0.15) is 34.4 Å². The largest absolute Gasteiger partial charge is 0.497 e. The fourth-order valence-electron chi connectivity index (χ4n) is 2.80. The van der Waals surface area contributed by atoms with E-state index in [4.69, 9.17) is 9.47 Å². The van der Waals surface area contributed by atoms with E-state index in [2.05, 4.69) is 16.9 Å². The number of aryl methyl sites for hydroxylation is 1. The Morgan fingerprint density at radius 2 is 2.00 bits per heavy atom. The highest BCUT2D eigenvalue weighted by Gasteiger charge is 2.18. The molecule has 2 aromatic heterocycles. The van der Waals surface area contributed by atoms with Crippen LogP contribution in [0.15, 0.2) is 65.6 Å². The van der Waals surface area contributed by atoms with Gasteiger partial charge in [0.2, 0.25) is 5.88 Å². The van der Waals surface area contributed by atoms with Gasteiger partial charge in [0, 0.05) is 12.7 Å². The SMILES string of the molecule is C=CCNC(=O)/C(C#N)=C/c1c(Oc2ccc(OC)cc2)nc2c(C)cccn2c1=O. The van der Waals surface area contributed by atoms with Crippen LogP contribution in [0.25, 0.3) is 11.7 Å². The number of nitrogens with one attached hydrogen (secondary N) is 1. The molecular weight excluding hydrogens is 396 g/mol. The molecule has 1 amide bonds. The molecule has 8 heteroatoms. The fourth-order valence-corrected chi connectivity index (χ4v) is 2.80. The number of pyridine rings is 1. The Bertz CT molecular complexity index is 1270. The summed E-state index contributed by atoms with van der Waals surface area (Å²) in [5, 5.41) is 12.0. The number of hydrogen-bond acceptors (Lipinski definition) is 6. The number of methoxy groups -OCH3 is 1. The van der Waals surface area contributed by atoms with Crippen LogP contribution in [-0.2, 0) is 4.79 Å². The van der Waals surface area contributed by atoms with Gasteiger partial charge in [-0.3, -0.25) is 14.0 Å². The Kier molecular flexibility index (Phi) is 6.48. The molecule has 3 aromatic rings. The predicted molar refractivity (Wildman–Crippen MR) is 116 cm³/mol. The Morgan fingerprint density at radius 1 is 1.29 bits per heavy atom. The number of aromatic nitrogens is 2. The molecule has 0 aliphatic rings. The van der Waals surface area contributed by atoms with E-state index < -0.39 is 11.5 Å². The van der Waals surface area contributed by atoms with Gasteiger partial charge in [-0.15, -0.1) is 6.58 Å². The summed E-state index contributed by atoms with van der Waals surface area (Å²) in [5.41, 5.74) is 0.417. The summed E-state index contributed by atoms with van der Waals surface area (Å²) in [4.78, 5) is 30.0. The lowest BCUT2D eigenvalue weighted by molar-refractivity contribution is -0.116. The minimum Gasteiger partial charge on any atom is -0.497 e. The lowest BCUT2D eigenvalue weighted by atomic mass is 10.1. The van der Waals surface area contributed by atoms with Crippen molar-refractivity contribution in [2.24, 2.45) is 0 Å². The average molecular weight is 416 g/mol. The Morgan fingerprint density at radius 3 is 2.65 bits per heavy atom. The second-order valence-corrected chi connectivity index (χ2v) is 6.47. The third-order valence-electron chi connectivity index (χ3n) is 4.38. The van der Waals surface area contributed by atoms with E-state index in [1.807, 2.05) is 19.1 Å². The number of carbonyl (C=O) groups is 1. The number of hydrogen-bond donors (Lipinski definition) is 1. The number of rotatable bonds is 7. The maximum atomic E-state index is 13.2. The molecular formula is C23H20N4O4. The van der Waals surface area contributed by atoms with Crippen LogP contribution in [0.2, 0.25) is 0 Å². The van der Waals surface area contributed by atoms with Crippen molar-refractivity contribution in [2.75, 3.05) is 13.7 Å². The van der Waals surface area contributed by atoms with Gasteiger partial charge in [-0.25, -0.2) is 0 Å². The minimum atomic E-state index is -0.633. The molecule has 156 valence electrons. The number of nitrogens with zero attached hydrogens (tertiary/aromatic N) is 3. The van der Waals surface area contributed by atoms with Gasteiger partial charge in [-0.2, -0.15) is 10.2 Å². The standard InChI is InChI=1S/C23H20N4O4/c1-4-11-25-21(28)16(14-24)13-19-22(31-18-9-7-17(30-3)8-10-18)26-20-15(2)6-5-12-27(20)23(19)29/h4-10,12-13H,1,11H2,2-3H3,(H,25,28)/b16-13+. The van der Waals surface area contributed by atoms with E-state index in [1.54, 1.807) is 43.6 Å². The summed E-state index contributed by atoms with van der Waals surface area (Å²) in [6.45, 7) is 5.52. The van der Waals surface area contributed by atoms with Crippen LogP contribution in [0.1, 0.15) is 11.1 Å². The van der Waals surface area contributed by atoms with Crippen LogP contribution in [-0.4, -0.2) is 28.9 Å². The van der Waals surface area contributed by atoms with Gasteiger partial charge in [-0.1, -0.05) is 12.1 Å². The van der Waals surface area contributed by atoms with Crippen molar-refractivity contribution in [1.29, 1.82) is 5.26 Å². The Balaban J connectivity index is 2.18. The third-order valence-corrected chi connectivity index (χ3v) is 4.38. The Labute approximate surface area is 178 Å². The molecule has 31 heavy (non-hydrogen) atoms. The molecule has 8 nitrogen and oxygen atoms in total. The van der Waals surface area contributed by atoms with E-state index in [-0.39, 0.29) is 23.6 Å². The van der Waals surface area contributed by atoms with Crippen molar-refractivity contribution in [3.63, 3.8) is 0 Å². The van der Waals surface area contributed by atoms with Gasteiger partial charge >= 0.3 is 0 Å². The quantitative estimate of drug-likeness (QED) is 0.361. The zero-order valence-corrected chi connectivity index (χ0v) is 17.1. The van der Waals surface area contributed by atoms with E-state index in [0.29, 0.717) is 17.1 Å². The first kappa shape index (κ1) is 21.3. The summed E-state index contributed by atoms with van der Waals surface area (Å²) in [7, 11) is 1.55. The maximum Gasteiger partial charge on any atom is 0.269 e.